The Morgan fingerprint density at radius 3 is 2.07 bits per heavy atom. The number of aliphatic carboxylic acids is 1. The number of nitrogen functional groups attached to an aromatic ring is 3. The summed E-state index contributed by atoms with van der Waals surface area (Å²) in [6.45, 7) is 1.53. The molecule has 7 N–H and O–H groups in total. The van der Waals surface area contributed by atoms with Gasteiger partial charge in [0.05, 0.1) is 5.92 Å². The van der Waals surface area contributed by atoms with Crippen molar-refractivity contribution in [3.63, 3.8) is 0 Å². The summed E-state index contributed by atoms with van der Waals surface area (Å²) in [6.07, 6.45) is 0. The summed E-state index contributed by atoms with van der Waals surface area (Å²) in [5.41, 5.74) is 18.3. The molecule has 0 bridgehead atoms. The summed E-state index contributed by atoms with van der Waals surface area (Å²) in [5, 5.41) is 8.81. The Morgan fingerprint density at radius 2 is 1.71 bits per heavy atom. The van der Waals surface area contributed by atoms with Crippen molar-refractivity contribution in [2.24, 2.45) is 0 Å². The summed E-state index contributed by atoms with van der Waals surface area (Å²) in [6, 6.07) is 3.01. The van der Waals surface area contributed by atoms with Gasteiger partial charge in [0.25, 0.3) is 0 Å². The fraction of sp³-hybridized carbons (Fsp3) is 0.222. The quantitative estimate of drug-likeness (QED) is 0.516. The summed E-state index contributed by atoms with van der Waals surface area (Å²) < 4.78 is 0. The van der Waals surface area contributed by atoms with Crippen LogP contribution in [-0.4, -0.2) is 11.1 Å². The average Bonchev–Trinajstić information content (AvgIpc) is 2.01. The SMILES string of the molecule is CC(C(=O)O)c1c(N)cc(N)cc1N. The monoisotopic (exact) mass is 195 g/mol. The molecule has 1 unspecified atom stereocenters. The van der Waals surface area contributed by atoms with E-state index in [-0.39, 0.29) is 0 Å². The van der Waals surface area contributed by atoms with E-state index in [0.29, 0.717) is 22.6 Å². The minimum atomic E-state index is -0.965. The van der Waals surface area contributed by atoms with E-state index in [2.05, 4.69) is 0 Å². The van der Waals surface area contributed by atoms with Gasteiger partial charge in [0, 0.05) is 22.6 Å². The molecule has 0 aliphatic carbocycles. The molecule has 0 fully saturated rings. The van der Waals surface area contributed by atoms with E-state index >= 15 is 0 Å². The van der Waals surface area contributed by atoms with Crippen LogP contribution in [0.2, 0.25) is 0 Å². The van der Waals surface area contributed by atoms with Crippen molar-refractivity contribution in [2.45, 2.75) is 12.8 Å². The van der Waals surface area contributed by atoms with Crippen molar-refractivity contribution in [1.29, 1.82) is 0 Å². The van der Waals surface area contributed by atoms with Crippen LogP contribution in [0, 0.1) is 0 Å². The lowest BCUT2D eigenvalue weighted by molar-refractivity contribution is -0.138. The second kappa shape index (κ2) is 3.45. The third kappa shape index (κ3) is 1.71. The predicted molar refractivity (Wildman–Crippen MR) is 55.7 cm³/mol. The summed E-state index contributed by atoms with van der Waals surface area (Å²) in [4.78, 5) is 10.7. The summed E-state index contributed by atoms with van der Waals surface area (Å²) >= 11 is 0. The van der Waals surface area contributed by atoms with Gasteiger partial charge in [0.2, 0.25) is 0 Å². The van der Waals surface area contributed by atoms with Crippen molar-refractivity contribution < 1.29 is 9.90 Å². The second-order valence-electron chi connectivity index (χ2n) is 3.17. The molecule has 0 radical (unpaired) electrons. The van der Waals surface area contributed by atoms with Crippen LogP contribution in [0.25, 0.3) is 0 Å². The van der Waals surface area contributed by atoms with Crippen molar-refractivity contribution >= 4 is 23.0 Å². The lowest BCUT2D eigenvalue weighted by atomic mass is 9.97. The van der Waals surface area contributed by atoms with Gasteiger partial charge in [-0.1, -0.05) is 0 Å². The minimum absolute atomic E-state index is 0.317. The molecule has 0 heterocycles. The molecule has 1 aromatic rings. The summed E-state index contributed by atoms with van der Waals surface area (Å²) in [7, 11) is 0. The first-order valence-electron chi connectivity index (χ1n) is 4.10. The highest BCUT2D eigenvalue weighted by Crippen LogP contribution is 2.30. The normalized spacial score (nSPS) is 12.4. The largest absolute Gasteiger partial charge is 0.481 e. The van der Waals surface area contributed by atoms with Gasteiger partial charge in [-0.3, -0.25) is 4.79 Å². The number of hydrogen-bond acceptors (Lipinski definition) is 4. The van der Waals surface area contributed by atoms with Gasteiger partial charge in [-0.15, -0.1) is 0 Å². The lowest BCUT2D eigenvalue weighted by Gasteiger charge is -2.13. The number of benzene rings is 1. The number of nitrogens with two attached hydrogens (primary N) is 3. The van der Waals surface area contributed by atoms with E-state index in [9.17, 15) is 4.79 Å². The highest BCUT2D eigenvalue weighted by atomic mass is 16.4. The van der Waals surface area contributed by atoms with E-state index in [1.165, 1.54) is 19.1 Å². The van der Waals surface area contributed by atoms with Crippen molar-refractivity contribution in [3.05, 3.63) is 17.7 Å². The minimum Gasteiger partial charge on any atom is -0.481 e. The first-order chi connectivity index (χ1) is 6.43. The van der Waals surface area contributed by atoms with Crippen molar-refractivity contribution in [3.8, 4) is 0 Å². The number of hydrogen-bond donors (Lipinski definition) is 4. The number of carbonyl (C=O) groups is 1. The maximum Gasteiger partial charge on any atom is 0.310 e. The third-order valence-corrected chi connectivity index (χ3v) is 2.07. The van der Waals surface area contributed by atoms with Crippen LogP contribution in [-0.2, 0) is 4.79 Å². The Bertz CT molecular complexity index is 353. The smallest absolute Gasteiger partial charge is 0.310 e. The van der Waals surface area contributed by atoms with Crippen LogP contribution in [0.3, 0.4) is 0 Å². The maximum absolute atomic E-state index is 10.7. The highest BCUT2D eigenvalue weighted by Gasteiger charge is 2.19. The molecule has 1 aromatic carbocycles. The van der Waals surface area contributed by atoms with Gasteiger partial charge in [-0.05, 0) is 19.1 Å². The zero-order valence-corrected chi connectivity index (χ0v) is 7.82. The summed E-state index contributed by atoms with van der Waals surface area (Å²) in [5.74, 6) is -1.69. The molecule has 0 aromatic heterocycles. The number of carboxylic acid groups (broad SMARTS) is 1. The van der Waals surface area contributed by atoms with Gasteiger partial charge < -0.3 is 22.3 Å². The van der Waals surface area contributed by atoms with Crippen LogP contribution in [0.5, 0.6) is 0 Å². The molecule has 5 heteroatoms. The Morgan fingerprint density at radius 1 is 1.29 bits per heavy atom. The Balaban J connectivity index is 3.27. The molecule has 1 atom stereocenters. The molecule has 0 spiro atoms. The zero-order chi connectivity index (χ0) is 10.9. The van der Waals surface area contributed by atoms with Gasteiger partial charge >= 0.3 is 5.97 Å². The van der Waals surface area contributed by atoms with E-state index in [1.54, 1.807) is 0 Å². The molecule has 0 aliphatic rings. The Labute approximate surface area is 81.5 Å². The molecular formula is C9H13N3O2. The molecule has 5 nitrogen and oxygen atoms in total. The standard InChI is InChI=1S/C9H13N3O2/c1-4(9(13)14)8-6(11)2-5(10)3-7(8)12/h2-4H,10-12H2,1H3,(H,13,14). The van der Waals surface area contributed by atoms with Gasteiger partial charge in [-0.2, -0.15) is 0 Å². The lowest BCUT2D eigenvalue weighted by Crippen LogP contribution is -2.12. The molecular weight excluding hydrogens is 182 g/mol. The first kappa shape index (κ1) is 10.2. The van der Waals surface area contributed by atoms with Crippen LogP contribution >= 0.6 is 0 Å². The van der Waals surface area contributed by atoms with Crippen LogP contribution in [0.1, 0.15) is 18.4 Å². The van der Waals surface area contributed by atoms with E-state index in [4.69, 9.17) is 22.3 Å². The molecule has 0 saturated heterocycles. The highest BCUT2D eigenvalue weighted by molar-refractivity contribution is 5.83. The average molecular weight is 195 g/mol. The maximum atomic E-state index is 10.7. The fourth-order valence-electron chi connectivity index (χ4n) is 1.35. The van der Waals surface area contributed by atoms with Crippen molar-refractivity contribution in [2.75, 3.05) is 17.2 Å². The molecule has 76 valence electrons. The van der Waals surface area contributed by atoms with Gasteiger partial charge in [-0.25, -0.2) is 0 Å². The predicted octanol–water partition coefficient (Wildman–Crippen LogP) is 0.621. The van der Waals surface area contributed by atoms with Crippen molar-refractivity contribution in [1.82, 2.24) is 0 Å². The van der Waals surface area contributed by atoms with E-state index in [0.717, 1.165) is 0 Å². The second-order valence-corrected chi connectivity index (χ2v) is 3.17. The number of rotatable bonds is 2. The van der Waals surface area contributed by atoms with Gasteiger partial charge in [0.1, 0.15) is 0 Å². The molecule has 0 saturated carbocycles. The Kier molecular flexibility index (Phi) is 2.51. The van der Waals surface area contributed by atoms with Gasteiger partial charge in [0.15, 0.2) is 0 Å². The van der Waals surface area contributed by atoms with Crippen LogP contribution in [0.4, 0.5) is 17.1 Å². The zero-order valence-electron chi connectivity index (χ0n) is 7.82. The topological polar surface area (TPSA) is 115 Å². The van der Waals surface area contributed by atoms with E-state index in [1.807, 2.05) is 0 Å². The fourth-order valence-corrected chi connectivity index (χ4v) is 1.35. The molecule has 0 amide bonds. The van der Waals surface area contributed by atoms with Crippen LogP contribution in [0.15, 0.2) is 12.1 Å². The number of carboxylic acids is 1. The third-order valence-electron chi connectivity index (χ3n) is 2.07. The molecule has 0 aliphatic heterocycles. The molecule has 14 heavy (non-hydrogen) atoms. The first-order valence-corrected chi connectivity index (χ1v) is 4.10. The number of anilines is 3. The molecule has 1 rings (SSSR count). The van der Waals surface area contributed by atoms with Crippen LogP contribution < -0.4 is 17.2 Å². The van der Waals surface area contributed by atoms with E-state index < -0.39 is 11.9 Å². The Hall–Kier alpha value is -1.91.